The second-order valence-corrected chi connectivity index (χ2v) is 4.84. The normalized spacial score (nSPS) is 23.1. The van der Waals surface area contributed by atoms with Crippen LogP contribution >= 0.6 is 11.3 Å². The lowest BCUT2D eigenvalue weighted by Crippen LogP contribution is -2.19. The molecule has 1 N–H and O–H groups in total. The van der Waals surface area contributed by atoms with Crippen LogP contribution in [-0.4, -0.2) is 34.7 Å². The van der Waals surface area contributed by atoms with Crippen LogP contribution in [0.4, 0.5) is 0 Å². The van der Waals surface area contributed by atoms with Gasteiger partial charge in [0.05, 0.1) is 5.51 Å². The van der Waals surface area contributed by atoms with E-state index in [4.69, 9.17) is 5.11 Å². The number of rotatable bonds is 4. The Morgan fingerprint density at radius 1 is 1.64 bits per heavy atom. The van der Waals surface area contributed by atoms with E-state index < -0.39 is 0 Å². The number of aliphatic hydroxyl groups is 1. The fraction of sp³-hybridized carbons (Fsp3) is 0.700. The Kier molecular flexibility index (Phi) is 3.50. The van der Waals surface area contributed by atoms with Gasteiger partial charge in [0.2, 0.25) is 0 Å². The summed E-state index contributed by atoms with van der Waals surface area (Å²) >= 11 is 1.72. The first kappa shape index (κ1) is 10.1. The SMILES string of the molecule is OCCC1CCN(Cc2cncs2)C1. The van der Waals surface area contributed by atoms with E-state index in [9.17, 15) is 0 Å². The molecule has 1 aliphatic rings. The highest BCUT2D eigenvalue weighted by atomic mass is 32.1. The van der Waals surface area contributed by atoms with E-state index in [0.29, 0.717) is 12.5 Å². The number of aromatic nitrogens is 1. The Morgan fingerprint density at radius 3 is 3.29 bits per heavy atom. The second kappa shape index (κ2) is 4.87. The molecule has 0 aromatic carbocycles. The molecule has 0 amide bonds. The molecule has 1 aromatic heterocycles. The number of nitrogens with zero attached hydrogens (tertiary/aromatic N) is 2. The van der Waals surface area contributed by atoms with Crippen molar-refractivity contribution >= 4 is 11.3 Å². The molecule has 3 nitrogen and oxygen atoms in total. The van der Waals surface area contributed by atoms with Crippen LogP contribution in [0.1, 0.15) is 17.7 Å². The van der Waals surface area contributed by atoms with E-state index in [2.05, 4.69) is 9.88 Å². The average Bonchev–Trinajstić information content (AvgIpc) is 2.79. The van der Waals surface area contributed by atoms with Crippen LogP contribution in [0.2, 0.25) is 0 Å². The number of aliphatic hydroxyl groups excluding tert-OH is 1. The molecule has 0 aliphatic carbocycles. The zero-order valence-electron chi connectivity index (χ0n) is 8.22. The van der Waals surface area contributed by atoms with Gasteiger partial charge >= 0.3 is 0 Å². The van der Waals surface area contributed by atoms with Crippen molar-refractivity contribution in [2.45, 2.75) is 19.4 Å². The summed E-state index contributed by atoms with van der Waals surface area (Å²) in [5, 5.41) is 8.84. The van der Waals surface area contributed by atoms with E-state index in [0.717, 1.165) is 19.5 Å². The topological polar surface area (TPSA) is 36.4 Å². The molecule has 1 atom stereocenters. The summed E-state index contributed by atoms with van der Waals surface area (Å²) in [4.78, 5) is 7.87. The van der Waals surface area contributed by atoms with Crippen molar-refractivity contribution < 1.29 is 5.11 Å². The van der Waals surface area contributed by atoms with E-state index in [1.807, 2.05) is 11.7 Å². The van der Waals surface area contributed by atoms with Crippen molar-refractivity contribution in [1.82, 2.24) is 9.88 Å². The lowest BCUT2D eigenvalue weighted by Gasteiger charge is -2.13. The minimum absolute atomic E-state index is 0.332. The summed E-state index contributed by atoms with van der Waals surface area (Å²) in [6.45, 7) is 3.67. The first-order valence-corrected chi connectivity index (χ1v) is 5.97. The highest BCUT2D eigenvalue weighted by Crippen LogP contribution is 2.21. The van der Waals surface area contributed by atoms with E-state index in [-0.39, 0.29) is 0 Å². The first-order valence-electron chi connectivity index (χ1n) is 5.09. The third-order valence-electron chi connectivity index (χ3n) is 2.77. The Bertz CT molecular complexity index is 263. The van der Waals surface area contributed by atoms with Gasteiger partial charge in [0.15, 0.2) is 0 Å². The Hall–Kier alpha value is -0.450. The molecule has 1 saturated heterocycles. The maximum atomic E-state index is 8.84. The summed E-state index contributed by atoms with van der Waals surface area (Å²) in [5.41, 5.74) is 1.89. The van der Waals surface area contributed by atoms with Crippen LogP contribution in [-0.2, 0) is 6.54 Å². The fourth-order valence-corrected chi connectivity index (χ4v) is 2.65. The predicted octanol–water partition coefficient (Wildman–Crippen LogP) is 1.35. The number of thiazole rings is 1. The summed E-state index contributed by atoms with van der Waals surface area (Å²) in [7, 11) is 0. The van der Waals surface area contributed by atoms with E-state index in [1.54, 1.807) is 11.3 Å². The Morgan fingerprint density at radius 2 is 2.57 bits per heavy atom. The van der Waals surface area contributed by atoms with Gasteiger partial charge in [-0.05, 0) is 25.3 Å². The number of hydrogen-bond acceptors (Lipinski definition) is 4. The van der Waals surface area contributed by atoms with Crippen LogP contribution < -0.4 is 0 Å². The van der Waals surface area contributed by atoms with Crippen molar-refractivity contribution in [3.63, 3.8) is 0 Å². The van der Waals surface area contributed by atoms with Crippen LogP contribution in [0.25, 0.3) is 0 Å². The highest BCUT2D eigenvalue weighted by Gasteiger charge is 2.21. The monoisotopic (exact) mass is 212 g/mol. The maximum Gasteiger partial charge on any atom is 0.0794 e. The minimum atomic E-state index is 0.332. The molecule has 1 aliphatic heterocycles. The molecule has 4 heteroatoms. The van der Waals surface area contributed by atoms with Crippen molar-refractivity contribution in [3.05, 3.63) is 16.6 Å². The molecule has 78 valence electrons. The van der Waals surface area contributed by atoms with E-state index >= 15 is 0 Å². The fourth-order valence-electron chi connectivity index (χ4n) is 2.02. The summed E-state index contributed by atoms with van der Waals surface area (Å²) < 4.78 is 0. The van der Waals surface area contributed by atoms with Gasteiger partial charge in [0.1, 0.15) is 0 Å². The molecule has 0 spiro atoms. The zero-order chi connectivity index (χ0) is 9.80. The molecule has 0 saturated carbocycles. The van der Waals surface area contributed by atoms with Crippen molar-refractivity contribution in [2.75, 3.05) is 19.7 Å². The quantitative estimate of drug-likeness (QED) is 0.818. The number of likely N-dealkylation sites (tertiary alicyclic amines) is 1. The van der Waals surface area contributed by atoms with Crippen molar-refractivity contribution in [2.24, 2.45) is 5.92 Å². The molecule has 14 heavy (non-hydrogen) atoms. The maximum absolute atomic E-state index is 8.84. The third kappa shape index (κ3) is 2.53. The summed E-state index contributed by atoms with van der Waals surface area (Å²) in [6, 6.07) is 0. The van der Waals surface area contributed by atoms with Gasteiger partial charge in [-0.15, -0.1) is 11.3 Å². The molecule has 2 rings (SSSR count). The van der Waals surface area contributed by atoms with Gasteiger partial charge in [0.25, 0.3) is 0 Å². The lowest BCUT2D eigenvalue weighted by atomic mass is 10.1. The molecule has 2 heterocycles. The third-order valence-corrected chi connectivity index (χ3v) is 3.53. The van der Waals surface area contributed by atoms with Crippen LogP contribution in [0, 0.1) is 5.92 Å². The van der Waals surface area contributed by atoms with Gasteiger partial charge < -0.3 is 5.11 Å². The molecular formula is C10H16N2OS. The summed E-state index contributed by atoms with van der Waals surface area (Å²) in [6.07, 6.45) is 4.14. The largest absolute Gasteiger partial charge is 0.396 e. The van der Waals surface area contributed by atoms with Crippen LogP contribution in [0.3, 0.4) is 0 Å². The van der Waals surface area contributed by atoms with Gasteiger partial charge in [-0.1, -0.05) is 0 Å². The highest BCUT2D eigenvalue weighted by molar-refractivity contribution is 7.09. The molecular weight excluding hydrogens is 196 g/mol. The average molecular weight is 212 g/mol. The smallest absolute Gasteiger partial charge is 0.0794 e. The minimum Gasteiger partial charge on any atom is -0.396 e. The number of hydrogen-bond donors (Lipinski definition) is 1. The van der Waals surface area contributed by atoms with Gasteiger partial charge in [-0.2, -0.15) is 0 Å². The Labute approximate surface area is 88.4 Å². The first-order chi connectivity index (χ1) is 6.88. The van der Waals surface area contributed by atoms with Crippen LogP contribution in [0.15, 0.2) is 11.7 Å². The summed E-state index contributed by atoms with van der Waals surface area (Å²) in [5.74, 6) is 0.702. The zero-order valence-corrected chi connectivity index (χ0v) is 9.04. The molecule has 1 aromatic rings. The van der Waals surface area contributed by atoms with E-state index in [1.165, 1.54) is 17.8 Å². The molecule has 0 bridgehead atoms. The molecule has 1 unspecified atom stereocenters. The second-order valence-electron chi connectivity index (χ2n) is 3.87. The lowest BCUT2D eigenvalue weighted by molar-refractivity contribution is 0.250. The standard InChI is InChI=1S/C10H16N2OS/c13-4-2-9-1-3-12(6-9)7-10-5-11-8-14-10/h5,8-9,13H,1-4,6-7H2. The predicted molar refractivity (Wildman–Crippen MR) is 57.2 cm³/mol. The van der Waals surface area contributed by atoms with Crippen molar-refractivity contribution in [3.8, 4) is 0 Å². The van der Waals surface area contributed by atoms with Gasteiger partial charge in [-0.3, -0.25) is 9.88 Å². The Balaban J connectivity index is 1.79. The van der Waals surface area contributed by atoms with Crippen molar-refractivity contribution in [1.29, 1.82) is 0 Å². The molecule has 0 radical (unpaired) electrons. The van der Waals surface area contributed by atoms with Gasteiger partial charge in [0, 0.05) is 30.8 Å². The van der Waals surface area contributed by atoms with Crippen LogP contribution in [0.5, 0.6) is 0 Å². The van der Waals surface area contributed by atoms with Gasteiger partial charge in [-0.25, -0.2) is 0 Å². The molecule has 1 fully saturated rings.